The van der Waals surface area contributed by atoms with Gasteiger partial charge in [-0.3, -0.25) is 9.59 Å². The maximum Gasteiger partial charge on any atom is 0.222 e. The minimum Gasteiger partial charge on any atom is -0.369 e. The van der Waals surface area contributed by atoms with Crippen molar-refractivity contribution in [1.82, 2.24) is 9.88 Å². The van der Waals surface area contributed by atoms with Gasteiger partial charge in [0.2, 0.25) is 11.8 Å². The van der Waals surface area contributed by atoms with Crippen LogP contribution in [-0.4, -0.2) is 34.8 Å². The van der Waals surface area contributed by atoms with E-state index in [1.54, 1.807) is 0 Å². The number of hydrogen-bond acceptors (Lipinski definition) is 2. The first-order chi connectivity index (χ1) is 10.6. The van der Waals surface area contributed by atoms with Gasteiger partial charge in [0, 0.05) is 42.5 Å². The highest BCUT2D eigenvalue weighted by Crippen LogP contribution is 2.21. The third-order valence-electron chi connectivity index (χ3n) is 4.53. The molecule has 0 atom stereocenters. The molecule has 1 saturated heterocycles. The SMILES string of the molecule is NC(=O)C1CCN(C(=O)CCc2c[nH]c3ccccc23)CC1. The number of carbonyl (C=O) groups is 2. The van der Waals surface area contributed by atoms with Crippen LogP contribution in [0, 0.1) is 5.92 Å². The van der Waals surface area contributed by atoms with Crippen molar-refractivity contribution in [3.05, 3.63) is 36.0 Å². The third kappa shape index (κ3) is 2.98. The van der Waals surface area contributed by atoms with Gasteiger partial charge in [-0.1, -0.05) is 18.2 Å². The number of aryl methyl sites for hydroxylation is 1. The summed E-state index contributed by atoms with van der Waals surface area (Å²) in [6, 6.07) is 8.12. The molecule has 2 amide bonds. The highest BCUT2D eigenvalue weighted by atomic mass is 16.2. The van der Waals surface area contributed by atoms with Crippen LogP contribution >= 0.6 is 0 Å². The van der Waals surface area contributed by atoms with E-state index in [0.29, 0.717) is 32.4 Å². The molecule has 3 rings (SSSR count). The van der Waals surface area contributed by atoms with Crippen molar-refractivity contribution in [3.63, 3.8) is 0 Å². The highest BCUT2D eigenvalue weighted by molar-refractivity contribution is 5.84. The fourth-order valence-corrected chi connectivity index (χ4v) is 3.15. The lowest BCUT2D eigenvalue weighted by molar-refractivity contribution is -0.134. The Bertz CT molecular complexity index is 684. The first-order valence-electron chi connectivity index (χ1n) is 7.77. The van der Waals surface area contributed by atoms with Crippen LogP contribution in [0.15, 0.2) is 30.5 Å². The predicted octanol–water partition coefficient (Wildman–Crippen LogP) is 1.82. The van der Waals surface area contributed by atoms with Gasteiger partial charge in [0.05, 0.1) is 0 Å². The number of carbonyl (C=O) groups excluding carboxylic acids is 2. The number of benzene rings is 1. The molecule has 2 aromatic rings. The van der Waals surface area contributed by atoms with Gasteiger partial charge in [-0.15, -0.1) is 0 Å². The lowest BCUT2D eigenvalue weighted by Crippen LogP contribution is -2.41. The lowest BCUT2D eigenvalue weighted by atomic mass is 9.96. The fourth-order valence-electron chi connectivity index (χ4n) is 3.15. The zero-order chi connectivity index (χ0) is 15.5. The molecule has 0 bridgehead atoms. The van der Waals surface area contributed by atoms with Crippen LogP contribution in [0.3, 0.4) is 0 Å². The first-order valence-corrected chi connectivity index (χ1v) is 7.77. The molecule has 1 fully saturated rings. The molecule has 0 aliphatic carbocycles. The van der Waals surface area contributed by atoms with E-state index in [1.807, 2.05) is 29.3 Å². The van der Waals surface area contributed by atoms with Gasteiger partial charge >= 0.3 is 0 Å². The Morgan fingerprint density at radius 1 is 1.23 bits per heavy atom. The largest absolute Gasteiger partial charge is 0.369 e. The van der Waals surface area contributed by atoms with Crippen molar-refractivity contribution >= 4 is 22.7 Å². The zero-order valence-electron chi connectivity index (χ0n) is 12.5. The topological polar surface area (TPSA) is 79.2 Å². The molecule has 1 aliphatic heterocycles. The summed E-state index contributed by atoms with van der Waals surface area (Å²) in [4.78, 5) is 28.5. The number of rotatable bonds is 4. The number of amides is 2. The molecular weight excluding hydrogens is 278 g/mol. The summed E-state index contributed by atoms with van der Waals surface area (Å²) >= 11 is 0. The standard InChI is InChI=1S/C17H21N3O2/c18-17(22)12-7-9-20(10-8-12)16(21)6-5-13-11-19-15-4-2-1-3-14(13)15/h1-4,11-12,19H,5-10H2,(H2,18,22). The van der Waals surface area contributed by atoms with Gasteiger partial charge in [0.1, 0.15) is 0 Å². The maximum absolute atomic E-state index is 12.3. The molecule has 5 heteroatoms. The van der Waals surface area contributed by atoms with E-state index in [4.69, 9.17) is 5.73 Å². The van der Waals surface area contributed by atoms with Crippen molar-refractivity contribution in [2.45, 2.75) is 25.7 Å². The minimum atomic E-state index is -0.245. The summed E-state index contributed by atoms with van der Waals surface area (Å²) in [6.07, 6.45) is 4.60. The second kappa shape index (κ2) is 6.22. The number of para-hydroxylation sites is 1. The average molecular weight is 299 g/mol. The summed E-state index contributed by atoms with van der Waals surface area (Å²) in [5.74, 6) is -0.156. The number of nitrogens with two attached hydrogens (primary N) is 1. The minimum absolute atomic E-state index is 0.0716. The number of piperidine rings is 1. The van der Waals surface area contributed by atoms with E-state index in [1.165, 1.54) is 10.9 Å². The lowest BCUT2D eigenvalue weighted by Gasteiger charge is -2.30. The van der Waals surface area contributed by atoms with Gasteiger partial charge in [-0.2, -0.15) is 0 Å². The molecule has 1 aromatic carbocycles. The Hall–Kier alpha value is -2.30. The number of hydrogen-bond donors (Lipinski definition) is 2. The van der Waals surface area contributed by atoms with Crippen LogP contribution in [-0.2, 0) is 16.0 Å². The smallest absolute Gasteiger partial charge is 0.222 e. The van der Waals surface area contributed by atoms with Gasteiger partial charge in [-0.05, 0) is 30.9 Å². The van der Waals surface area contributed by atoms with Gasteiger partial charge in [0.25, 0.3) is 0 Å². The fraction of sp³-hybridized carbons (Fsp3) is 0.412. The highest BCUT2D eigenvalue weighted by Gasteiger charge is 2.25. The molecule has 0 saturated carbocycles. The van der Waals surface area contributed by atoms with Crippen LogP contribution < -0.4 is 5.73 Å². The molecule has 116 valence electrons. The van der Waals surface area contributed by atoms with E-state index in [2.05, 4.69) is 11.1 Å². The van der Waals surface area contributed by atoms with Crippen LogP contribution in [0.5, 0.6) is 0 Å². The Kier molecular flexibility index (Phi) is 4.13. The van der Waals surface area contributed by atoms with Crippen molar-refractivity contribution in [1.29, 1.82) is 0 Å². The monoisotopic (exact) mass is 299 g/mol. The molecule has 2 heterocycles. The number of fused-ring (bicyclic) bond motifs is 1. The number of likely N-dealkylation sites (tertiary alicyclic amines) is 1. The second-order valence-corrected chi connectivity index (χ2v) is 5.92. The zero-order valence-corrected chi connectivity index (χ0v) is 12.5. The Morgan fingerprint density at radius 3 is 2.68 bits per heavy atom. The van der Waals surface area contributed by atoms with Crippen molar-refractivity contribution in [2.24, 2.45) is 11.7 Å². The Labute approximate surface area is 129 Å². The summed E-state index contributed by atoms with van der Waals surface area (Å²) in [7, 11) is 0. The molecular formula is C17H21N3O2. The number of aromatic amines is 1. The van der Waals surface area contributed by atoms with Gasteiger partial charge < -0.3 is 15.6 Å². The molecule has 5 nitrogen and oxygen atoms in total. The molecule has 1 aliphatic rings. The predicted molar refractivity (Wildman–Crippen MR) is 85.1 cm³/mol. The van der Waals surface area contributed by atoms with Crippen molar-refractivity contribution in [2.75, 3.05) is 13.1 Å². The van der Waals surface area contributed by atoms with E-state index < -0.39 is 0 Å². The number of nitrogens with one attached hydrogen (secondary N) is 1. The summed E-state index contributed by atoms with van der Waals surface area (Å²) in [6.45, 7) is 1.28. The van der Waals surface area contributed by atoms with Crippen molar-refractivity contribution in [3.8, 4) is 0 Å². The van der Waals surface area contributed by atoms with E-state index in [0.717, 1.165) is 11.9 Å². The molecule has 1 aromatic heterocycles. The quantitative estimate of drug-likeness (QED) is 0.903. The molecule has 0 unspecified atom stereocenters. The van der Waals surface area contributed by atoms with Crippen molar-refractivity contribution < 1.29 is 9.59 Å². The van der Waals surface area contributed by atoms with E-state index in [9.17, 15) is 9.59 Å². The van der Waals surface area contributed by atoms with Gasteiger partial charge in [-0.25, -0.2) is 0 Å². The number of aromatic nitrogens is 1. The Balaban J connectivity index is 1.56. The molecule has 3 N–H and O–H groups in total. The third-order valence-corrected chi connectivity index (χ3v) is 4.53. The number of H-pyrrole nitrogens is 1. The molecule has 0 radical (unpaired) electrons. The number of primary amides is 1. The van der Waals surface area contributed by atoms with Crippen LogP contribution in [0.4, 0.5) is 0 Å². The van der Waals surface area contributed by atoms with Crippen LogP contribution in [0.1, 0.15) is 24.8 Å². The maximum atomic E-state index is 12.3. The normalized spacial score (nSPS) is 16.1. The molecule has 0 spiro atoms. The number of nitrogens with zero attached hydrogens (tertiary/aromatic N) is 1. The van der Waals surface area contributed by atoms with E-state index in [-0.39, 0.29) is 17.7 Å². The van der Waals surface area contributed by atoms with Crippen LogP contribution in [0.2, 0.25) is 0 Å². The summed E-state index contributed by atoms with van der Waals surface area (Å²) in [5, 5.41) is 1.18. The molecule has 22 heavy (non-hydrogen) atoms. The second-order valence-electron chi connectivity index (χ2n) is 5.92. The summed E-state index contributed by atoms with van der Waals surface area (Å²) < 4.78 is 0. The average Bonchev–Trinajstić information content (AvgIpc) is 2.96. The van der Waals surface area contributed by atoms with E-state index >= 15 is 0 Å². The van der Waals surface area contributed by atoms with Gasteiger partial charge in [0.15, 0.2) is 0 Å². The Morgan fingerprint density at radius 2 is 1.95 bits per heavy atom. The van der Waals surface area contributed by atoms with Crippen LogP contribution in [0.25, 0.3) is 10.9 Å². The first kappa shape index (κ1) is 14.6. The summed E-state index contributed by atoms with van der Waals surface area (Å²) in [5.41, 5.74) is 7.60.